The Balaban J connectivity index is 2.19. The highest BCUT2D eigenvalue weighted by molar-refractivity contribution is 6.00. The number of imide groups is 1. The van der Waals surface area contributed by atoms with E-state index >= 15 is 0 Å². The maximum absolute atomic E-state index is 13.1. The van der Waals surface area contributed by atoms with E-state index in [4.69, 9.17) is 5.73 Å². The quantitative estimate of drug-likeness (QED) is 0.584. The molecule has 0 radical (unpaired) electrons. The van der Waals surface area contributed by atoms with Crippen LogP contribution in [-0.4, -0.2) is 29.3 Å². The number of carbonyl (C=O) groups is 2. The molecule has 1 aliphatic heterocycles. The highest BCUT2D eigenvalue weighted by Crippen LogP contribution is 2.18. The predicted octanol–water partition coefficient (Wildman–Crippen LogP) is 0.255. The van der Waals surface area contributed by atoms with Gasteiger partial charge in [0.25, 0.3) is 0 Å². The summed E-state index contributed by atoms with van der Waals surface area (Å²) in [5.41, 5.74) is 6.76. The smallest absolute Gasteiger partial charge is 0.243 e. The van der Waals surface area contributed by atoms with Gasteiger partial charge in [0.15, 0.2) is 0 Å². The minimum atomic E-state index is -0.439. The van der Waals surface area contributed by atoms with Crippen molar-refractivity contribution in [2.24, 2.45) is 0 Å². The summed E-state index contributed by atoms with van der Waals surface area (Å²) in [5.74, 6) is -1.09. The third-order valence-electron chi connectivity index (χ3n) is 3.01. The monoisotopic (exact) mass is 251 g/mol. The van der Waals surface area contributed by atoms with E-state index in [1.54, 1.807) is 11.8 Å². The first-order chi connectivity index (χ1) is 8.47. The number of rotatable bonds is 2. The van der Waals surface area contributed by atoms with Gasteiger partial charge in [-0.3, -0.25) is 19.8 Å². The lowest BCUT2D eigenvalue weighted by Gasteiger charge is -2.31. The van der Waals surface area contributed by atoms with Crippen molar-refractivity contribution < 1.29 is 14.0 Å². The van der Waals surface area contributed by atoms with Gasteiger partial charge in [-0.2, -0.15) is 0 Å². The van der Waals surface area contributed by atoms with Gasteiger partial charge in [-0.25, -0.2) is 4.39 Å². The molecule has 3 N–H and O–H groups in total. The van der Waals surface area contributed by atoms with Gasteiger partial charge in [-0.1, -0.05) is 0 Å². The number of benzene rings is 1. The van der Waals surface area contributed by atoms with Gasteiger partial charge < -0.3 is 5.73 Å². The van der Waals surface area contributed by atoms with Crippen LogP contribution in [0.2, 0.25) is 0 Å². The van der Waals surface area contributed by atoms with Gasteiger partial charge in [0.05, 0.1) is 12.6 Å². The average Bonchev–Trinajstić information content (AvgIpc) is 2.30. The predicted molar refractivity (Wildman–Crippen MR) is 63.8 cm³/mol. The second kappa shape index (κ2) is 4.73. The van der Waals surface area contributed by atoms with Crippen LogP contribution in [0.3, 0.4) is 0 Å². The van der Waals surface area contributed by atoms with E-state index < -0.39 is 6.04 Å². The summed E-state index contributed by atoms with van der Waals surface area (Å²) in [5, 5.41) is 2.25. The molecule has 1 unspecified atom stereocenters. The van der Waals surface area contributed by atoms with E-state index in [0.29, 0.717) is 11.3 Å². The van der Waals surface area contributed by atoms with Crippen molar-refractivity contribution in [2.45, 2.75) is 19.5 Å². The molecule has 96 valence electrons. The van der Waals surface area contributed by atoms with E-state index in [9.17, 15) is 14.0 Å². The zero-order valence-corrected chi connectivity index (χ0v) is 9.94. The van der Waals surface area contributed by atoms with Crippen LogP contribution in [-0.2, 0) is 16.1 Å². The van der Waals surface area contributed by atoms with Crippen LogP contribution in [0.1, 0.15) is 12.5 Å². The lowest BCUT2D eigenvalue weighted by Crippen LogP contribution is -2.56. The molecule has 1 aliphatic rings. The molecule has 0 saturated carbocycles. The van der Waals surface area contributed by atoms with Crippen molar-refractivity contribution in [3.8, 4) is 0 Å². The lowest BCUT2D eigenvalue weighted by molar-refractivity contribution is -0.139. The zero-order chi connectivity index (χ0) is 13.3. The molecule has 1 aromatic rings. The number of nitrogens with one attached hydrogen (secondary N) is 1. The van der Waals surface area contributed by atoms with Crippen molar-refractivity contribution in [1.29, 1.82) is 0 Å². The third kappa shape index (κ3) is 2.48. The van der Waals surface area contributed by atoms with Gasteiger partial charge in [-0.05, 0) is 30.7 Å². The van der Waals surface area contributed by atoms with E-state index in [-0.39, 0.29) is 30.7 Å². The van der Waals surface area contributed by atoms with Crippen LogP contribution in [0.4, 0.5) is 10.1 Å². The molecule has 0 aliphatic carbocycles. The Morgan fingerprint density at radius 1 is 1.50 bits per heavy atom. The SMILES string of the molecule is CC1C(=O)NC(=O)CN1Cc1cc(F)ccc1N. The van der Waals surface area contributed by atoms with E-state index in [2.05, 4.69) is 5.32 Å². The molecule has 1 fully saturated rings. The van der Waals surface area contributed by atoms with Crippen LogP contribution in [0, 0.1) is 5.82 Å². The number of hydrogen-bond acceptors (Lipinski definition) is 4. The highest BCUT2D eigenvalue weighted by atomic mass is 19.1. The number of nitrogen functional groups attached to an aromatic ring is 1. The summed E-state index contributed by atoms with van der Waals surface area (Å²) in [6, 6.07) is 3.63. The zero-order valence-electron chi connectivity index (χ0n) is 9.94. The Labute approximate surface area is 104 Å². The Hall–Kier alpha value is -1.95. The van der Waals surface area contributed by atoms with Gasteiger partial charge >= 0.3 is 0 Å². The van der Waals surface area contributed by atoms with E-state index in [0.717, 1.165) is 0 Å². The number of nitrogens with zero attached hydrogens (tertiary/aromatic N) is 1. The number of amides is 2. The second-order valence-electron chi connectivity index (χ2n) is 4.34. The molecule has 0 spiro atoms. The van der Waals surface area contributed by atoms with E-state index in [1.807, 2.05) is 0 Å². The fourth-order valence-corrected chi connectivity index (χ4v) is 1.89. The normalized spacial score (nSPS) is 20.9. The Bertz CT molecular complexity index is 504. The molecule has 0 aromatic heterocycles. The number of nitrogens with two attached hydrogens (primary N) is 1. The van der Waals surface area contributed by atoms with Gasteiger partial charge in [-0.15, -0.1) is 0 Å². The minimum Gasteiger partial charge on any atom is -0.398 e. The second-order valence-corrected chi connectivity index (χ2v) is 4.34. The average molecular weight is 251 g/mol. The fourth-order valence-electron chi connectivity index (χ4n) is 1.89. The molecule has 18 heavy (non-hydrogen) atoms. The standard InChI is InChI=1S/C12H14FN3O2/c1-7-12(18)15-11(17)6-16(7)5-8-4-9(13)2-3-10(8)14/h2-4,7H,5-6,14H2,1H3,(H,15,17,18). The van der Waals surface area contributed by atoms with Crippen molar-refractivity contribution in [2.75, 3.05) is 12.3 Å². The molecule has 2 rings (SSSR count). The summed E-state index contributed by atoms with van der Waals surface area (Å²) >= 11 is 0. The van der Waals surface area contributed by atoms with Crippen LogP contribution in [0.25, 0.3) is 0 Å². The highest BCUT2D eigenvalue weighted by Gasteiger charge is 2.30. The van der Waals surface area contributed by atoms with Crippen LogP contribution >= 0.6 is 0 Å². The van der Waals surface area contributed by atoms with Crippen LogP contribution in [0.15, 0.2) is 18.2 Å². The van der Waals surface area contributed by atoms with Crippen molar-refractivity contribution >= 4 is 17.5 Å². The van der Waals surface area contributed by atoms with Crippen molar-refractivity contribution in [1.82, 2.24) is 10.2 Å². The molecule has 1 aromatic carbocycles. The molecule has 5 nitrogen and oxygen atoms in total. The number of anilines is 1. The Kier molecular flexibility index (Phi) is 3.29. The maximum atomic E-state index is 13.1. The molecule has 6 heteroatoms. The first kappa shape index (κ1) is 12.5. The summed E-state index contributed by atoms with van der Waals surface area (Å²) in [7, 11) is 0. The first-order valence-electron chi connectivity index (χ1n) is 5.59. The number of halogens is 1. The summed E-state index contributed by atoms with van der Waals surface area (Å²) < 4.78 is 13.1. The maximum Gasteiger partial charge on any atom is 0.243 e. The number of piperazine rings is 1. The van der Waals surface area contributed by atoms with Crippen LogP contribution in [0.5, 0.6) is 0 Å². The minimum absolute atomic E-state index is 0.100. The summed E-state index contributed by atoms with van der Waals surface area (Å²) in [6.07, 6.45) is 0. The van der Waals surface area contributed by atoms with Gasteiger partial charge in [0.2, 0.25) is 11.8 Å². The molecule has 1 heterocycles. The van der Waals surface area contributed by atoms with Gasteiger partial charge in [0, 0.05) is 12.2 Å². The summed E-state index contributed by atoms with van der Waals surface area (Å²) in [4.78, 5) is 24.4. The molecular weight excluding hydrogens is 237 g/mol. The van der Waals surface area contributed by atoms with Crippen molar-refractivity contribution in [3.05, 3.63) is 29.6 Å². The van der Waals surface area contributed by atoms with E-state index in [1.165, 1.54) is 18.2 Å². The largest absolute Gasteiger partial charge is 0.398 e. The molecule has 1 atom stereocenters. The molecule has 1 saturated heterocycles. The fraction of sp³-hybridized carbons (Fsp3) is 0.333. The first-order valence-corrected chi connectivity index (χ1v) is 5.59. The van der Waals surface area contributed by atoms with Gasteiger partial charge in [0.1, 0.15) is 5.82 Å². The molecular formula is C12H14FN3O2. The number of hydrogen-bond donors (Lipinski definition) is 2. The third-order valence-corrected chi connectivity index (χ3v) is 3.01. The Morgan fingerprint density at radius 2 is 2.22 bits per heavy atom. The van der Waals surface area contributed by atoms with Crippen molar-refractivity contribution in [3.63, 3.8) is 0 Å². The number of carbonyl (C=O) groups excluding carboxylic acids is 2. The lowest BCUT2D eigenvalue weighted by atomic mass is 10.1. The Morgan fingerprint density at radius 3 is 2.94 bits per heavy atom. The molecule has 2 amide bonds. The summed E-state index contributed by atoms with van der Waals surface area (Å²) in [6.45, 7) is 2.06. The topological polar surface area (TPSA) is 75.4 Å². The van der Waals surface area contributed by atoms with Crippen LogP contribution < -0.4 is 11.1 Å². The molecule has 0 bridgehead atoms.